The molecule has 152 valence electrons. The minimum Gasteiger partial charge on any atom is -0.451 e. The van der Waals surface area contributed by atoms with Crippen molar-refractivity contribution in [3.63, 3.8) is 0 Å². The number of carbonyl (C=O) groups is 2. The standard InChI is InChI=1S/C23H21N3O3S/c1-3-17-9-11-18(12-10-17)22-25-16(2)21(30-22)23(28)29-15-20(27)26(14-13-24)19-7-5-4-6-8-19/h4-12H,3,14-15H2,1-2H3. The van der Waals surface area contributed by atoms with Crippen LogP contribution in [0.2, 0.25) is 0 Å². The molecule has 0 aliphatic carbocycles. The van der Waals surface area contributed by atoms with Gasteiger partial charge in [0.05, 0.1) is 11.8 Å². The van der Waals surface area contributed by atoms with E-state index in [0.29, 0.717) is 16.3 Å². The summed E-state index contributed by atoms with van der Waals surface area (Å²) in [6.07, 6.45) is 0.953. The molecule has 0 aliphatic rings. The summed E-state index contributed by atoms with van der Waals surface area (Å²) in [6, 6.07) is 18.8. The van der Waals surface area contributed by atoms with Gasteiger partial charge < -0.3 is 4.74 Å². The van der Waals surface area contributed by atoms with Crippen LogP contribution < -0.4 is 4.90 Å². The Morgan fingerprint density at radius 2 is 1.83 bits per heavy atom. The van der Waals surface area contributed by atoms with Crippen LogP contribution in [-0.4, -0.2) is 30.0 Å². The predicted octanol–water partition coefficient (Wildman–Crippen LogP) is 4.39. The van der Waals surface area contributed by atoms with Crippen molar-refractivity contribution in [2.75, 3.05) is 18.1 Å². The molecule has 0 N–H and O–H groups in total. The van der Waals surface area contributed by atoms with Gasteiger partial charge in [0, 0.05) is 11.3 Å². The highest BCUT2D eigenvalue weighted by Gasteiger charge is 2.21. The molecule has 2 aromatic carbocycles. The van der Waals surface area contributed by atoms with E-state index in [0.717, 1.165) is 17.0 Å². The minimum absolute atomic E-state index is 0.127. The number of hydrogen-bond acceptors (Lipinski definition) is 6. The zero-order chi connectivity index (χ0) is 21.5. The summed E-state index contributed by atoms with van der Waals surface area (Å²) in [5.41, 5.74) is 3.29. The summed E-state index contributed by atoms with van der Waals surface area (Å²) in [5.74, 6) is -1.06. The number of ether oxygens (including phenoxy) is 1. The molecule has 0 spiro atoms. The van der Waals surface area contributed by atoms with E-state index in [-0.39, 0.29) is 6.54 Å². The summed E-state index contributed by atoms with van der Waals surface area (Å²) in [6.45, 7) is 3.25. The van der Waals surface area contributed by atoms with Gasteiger partial charge in [-0.3, -0.25) is 9.69 Å². The van der Waals surface area contributed by atoms with Crippen molar-refractivity contribution in [3.05, 3.63) is 70.7 Å². The van der Waals surface area contributed by atoms with E-state index in [1.807, 2.05) is 36.4 Å². The zero-order valence-corrected chi connectivity index (χ0v) is 17.6. The van der Waals surface area contributed by atoms with Crippen LogP contribution in [0.3, 0.4) is 0 Å². The van der Waals surface area contributed by atoms with Crippen LogP contribution in [0.4, 0.5) is 5.69 Å². The molecule has 1 amide bonds. The van der Waals surface area contributed by atoms with Gasteiger partial charge in [-0.05, 0) is 31.0 Å². The number of nitrogens with zero attached hydrogens (tertiary/aromatic N) is 3. The lowest BCUT2D eigenvalue weighted by atomic mass is 10.1. The van der Waals surface area contributed by atoms with Crippen LogP contribution in [0.15, 0.2) is 54.6 Å². The summed E-state index contributed by atoms with van der Waals surface area (Å²) in [4.78, 5) is 31.2. The van der Waals surface area contributed by atoms with Gasteiger partial charge in [0.25, 0.3) is 5.91 Å². The molecule has 0 aliphatic heterocycles. The number of rotatable bonds is 7. The van der Waals surface area contributed by atoms with Crippen molar-refractivity contribution in [3.8, 4) is 16.6 Å². The molecule has 0 radical (unpaired) electrons. The molecular weight excluding hydrogens is 398 g/mol. The Bertz CT molecular complexity index is 1070. The Morgan fingerprint density at radius 3 is 2.47 bits per heavy atom. The van der Waals surface area contributed by atoms with E-state index in [9.17, 15) is 9.59 Å². The van der Waals surface area contributed by atoms with E-state index in [4.69, 9.17) is 10.00 Å². The molecule has 1 aromatic heterocycles. The first kappa shape index (κ1) is 21.2. The fraction of sp³-hybridized carbons (Fsp3) is 0.217. The van der Waals surface area contributed by atoms with Crippen LogP contribution in [0.1, 0.15) is 27.9 Å². The number of hydrogen-bond donors (Lipinski definition) is 0. The largest absolute Gasteiger partial charge is 0.451 e. The number of carbonyl (C=O) groups excluding carboxylic acids is 2. The van der Waals surface area contributed by atoms with Crippen LogP contribution >= 0.6 is 11.3 Å². The SMILES string of the molecule is CCc1ccc(-c2nc(C)c(C(=O)OCC(=O)N(CC#N)c3ccccc3)s2)cc1. The second-order valence-electron chi connectivity index (χ2n) is 6.53. The molecule has 0 unspecified atom stereocenters. The van der Waals surface area contributed by atoms with Gasteiger partial charge >= 0.3 is 5.97 Å². The van der Waals surface area contributed by atoms with Crippen molar-refractivity contribution in [1.29, 1.82) is 5.26 Å². The molecular formula is C23H21N3O3S. The fourth-order valence-electron chi connectivity index (χ4n) is 2.87. The molecule has 6 nitrogen and oxygen atoms in total. The van der Waals surface area contributed by atoms with Gasteiger partial charge in [0.1, 0.15) is 16.4 Å². The number of aryl methyl sites for hydroxylation is 2. The number of benzene rings is 2. The smallest absolute Gasteiger partial charge is 0.350 e. The van der Waals surface area contributed by atoms with Crippen LogP contribution in [0.25, 0.3) is 10.6 Å². The Balaban J connectivity index is 1.69. The second-order valence-corrected chi connectivity index (χ2v) is 7.53. The highest BCUT2D eigenvalue weighted by molar-refractivity contribution is 7.17. The third-order valence-electron chi connectivity index (χ3n) is 4.52. The second kappa shape index (κ2) is 9.81. The Kier molecular flexibility index (Phi) is 6.94. The van der Waals surface area contributed by atoms with Crippen LogP contribution in [0, 0.1) is 18.3 Å². The first-order valence-corrected chi connectivity index (χ1v) is 10.3. The molecule has 0 saturated heterocycles. The van der Waals surface area contributed by atoms with Gasteiger partial charge in [-0.1, -0.05) is 49.4 Å². The molecule has 3 rings (SSSR count). The Labute approximate surface area is 179 Å². The van der Waals surface area contributed by atoms with Gasteiger partial charge in [0.15, 0.2) is 6.61 Å². The molecule has 0 atom stereocenters. The maximum absolute atomic E-state index is 12.5. The van der Waals surface area contributed by atoms with Crippen molar-refractivity contribution in [1.82, 2.24) is 4.98 Å². The lowest BCUT2D eigenvalue weighted by Crippen LogP contribution is -2.35. The van der Waals surface area contributed by atoms with E-state index in [1.54, 1.807) is 31.2 Å². The minimum atomic E-state index is -0.597. The molecule has 0 bridgehead atoms. The lowest BCUT2D eigenvalue weighted by Gasteiger charge is -2.19. The first-order valence-electron chi connectivity index (χ1n) is 9.49. The maximum Gasteiger partial charge on any atom is 0.350 e. The van der Waals surface area contributed by atoms with Crippen molar-refractivity contribution in [2.24, 2.45) is 0 Å². The number of para-hydroxylation sites is 1. The zero-order valence-electron chi connectivity index (χ0n) is 16.8. The highest BCUT2D eigenvalue weighted by Crippen LogP contribution is 2.28. The highest BCUT2D eigenvalue weighted by atomic mass is 32.1. The number of aromatic nitrogens is 1. The van der Waals surface area contributed by atoms with E-state index < -0.39 is 18.5 Å². The Hall–Kier alpha value is -3.50. The quantitative estimate of drug-likeness (QED) is 0.419. The van der Waals surface area contributed by atoms with Gasteiger partial charge in [-0.25, -0.2) is 9.78 Å². The average Bonchev–Trinajstić information content (AvgIpc) is 3.18. The topological polar surface area (TPSA) is 83.3 Å². The van der Waals surface area contributed by atoms with Crippen molar-refractivity contribution < 1.29 is 14.3 Å². The summed E-state index contributed by atoms with van der Waals surface area (Å²) < 4.78 is 5.24. The average molecular weight is 420 g/mol. The maximum atomic E-state index is 12.5. The lowest BCUT2D eigenvalue weighted by molar-refractivity contribution is -0.121. The molecule has 0 fully saturated rings. The number of thiazole rings is 1. The third-order valence-corrected chi connectivity index (χ3v) is 5.70. The molecule has 1 heterocycles. The third kappa shape index (κ3) is 4.91. The van der Waals surface area contributed by atoms with E-state index in [1.165, 1.54) is 21.8 Å². The molecule has 3 aromatic rings. The number of esters is 1. The molecule has 7 heteroatoms. The first-order chi connectivity index (χ1) is 14.5. The van der Waals surface area contributed by atoms with Gasteiger partial charge in [-0.15, -0.1) is 11.3 Å². The predicted molar refractivity (Wildman–Crippen MR) is 116 cm³/mol. The molecule has 30 heavy (non-hydrogen) atoms. The van der Waals surface area contributed by atoms with Gasteiger partial charge in [-0.2, -0.15) is 5.26 Å². The van der Waals surface area contributed by atoms with Crippen LogP contribution in [0.5, 0.6) is 0 Å². The summed E-state index contributed by atoms with van der Waals surface area (Å²) in [7, 11) is 0. The number of nitriles is 1. The molecule has 0 saturated carbocycles. The Morgan fingerprint density at radius 1 is 1.13 bits per heavy atom. The summed E-state index contributed by atoms with van der Waals surface area (Å²) in [5, 5.41) is 9.75. The number of amides is 1. The normalized spacial score (nSPS) is 10.3. The van der Waals surface area contributed by atoms with E-state index in [2.05, 4.69) is 11.9 Å². The fourth-order valence-corrected chi connectivity index (χ4v) is 3.83. The van der Waals surface area contributed by atoms with E-state index >= 15 is 0 Å². The number of anilines is 1. The monoisotopic (exact) mass is 419 g/mol. The van der Waals surface area contributed by atoms with Crippen LogP contribution in [-0.2, 0) is 16.0 Å². The summed E-state index contributed by atoms with van der Waals surface area (Å²) >= 11 is 1.24. The van der Waals surface area contributed by atoms with Crippen molar-refractivity contribution in [2.45, 2.75) is 20.3 Å². The van der Waals surface area contributed by atoms with Crippen molar-refractivity contribution >= 4 is 28.9 Å². The van der Waals surface area contributed by atoms with Gasteiger partial charge in [0.2, 0.25) is 0 Å².